The Morgan fingerprint density at radius 1 is 0.361 bits per heavy atom. The minimum absolute atomic E-state index is 0.0438. The van der Waals surface area contributed by atoms with Crippen molar-refractivity contribution in [1.29, 1.82) is 0 Å². The van der Waals surface area contributed by atoms with Gasteiger partial charge in [0.2, 0.25) is 0 Å². The molecule has 0 N–H and O–H groups in total. The molecule has 0 spiro atoms. The van der Waals surface area contributed by atoms with Crippen LogP contribution in [0.4, 0.5) is 34.1 Å². The Balaban J connectivity index is 1.28. The highest BCUT2D eigenvalue weighted by molar-refractivity contribution is 7.00. The minimum Gasteiger partial charge on any atom is -0.311 e. The molecular formula is C69H69BN2. The summed E-state index contributed by atoms with van der Waals surface area (Å²) >= 11 is 0. The van der Waals surface area contributed by atoms with Crippen LogP contribution in [0.25, 0.3) is 43.8 Å². The average molecular weight is 937 g/mol. The summed E-state index contributed by atoms with van der Waals surface area (Å²) in [6.07, 6.45) is 0. The lowest BCUT2D eigenvalue weighted by Gasteiger charge is -2.45. The monoisotopic (exact) mass is 937 g/mol. The van der Waals surface area contributed by atoms with Gasteiger partial charge in [0, 0.05) is 39.5 Å². The van der Waals surface area contributed by atoms with E-state index in [-0.39, 0.29) is 33.8 Å². The number of fused-ring (bicyclic) bond motifs is 9. The third-order valence-corrected chi connectivity index (χ3v) is 16.5. The Hall–Kier alpha value is -6.84. The largest absolute Gasteiger partial charge is 0.311 e. The first-order valence-electron chi connectivity index (χ1n) is 26.4. The van der Waals surface area contributed by atoms with Gasteiger partial charge in [-0.3, -0.25) is 0 Å². The molecule has 0 unspecified atom stereocenters. The molecule has 0 aromatic heterocycles. The van der Waals surface area contributed by atoms with Gasteiger partial charge in [0.15, 0.2) is 0 Å². The molecule has 1 aliphatic carbocycles. The van der Waals surface area contributed by atoms with Crippen molar-refractivity contribution in [2.45, 2.75) is 124 Å². The SMILES string of the molecule is CC(C)(C)c1cc(N2c3cc4ccccc4cc3B3c4cc5ccccc5cc4N(c4cc(C(C)(C)C)cc(C(C)(C)C)c4)c4cc(-c5cccc6c5-c5ccccc5C6(C)C)cc2c43)cc(C(C)(C)C)c1. The number of rotatable bonds is 3. The Kier molecular flexibility index (Phi) is 10.0. The maximum atomic E-state index is 2.67. The molecule has 9 aromatic rings. The van der Waals surface area contributed by atoms with Gasteiger partial charge in [-0.2, -0.15) is 0 Å². The molecule has 0 saturated heterocycles. The van der Waals surface area contributed by atoms with Gasteiger partial charge in [-0.05, 0) is 164 Å². The number of benzene rings is 9. The van der Waals surface area contributed by atoms with Gasteiger partial charge in [0.05, 0.1) is 0 Å². The third-order valence-electron chi connectivity index (χ3n) is 16.5. The smallest absolute Gasteiger partial charge is 0.252 e. The van der Waals surface area contributed by atoms with Crippen molar-refractivity contribution >= 4 is 78.8 Å². The Morgan fingerprint density at radius 2 is 0.736 bits per heavy atom. The van der Waals surface area contributed by atoms with Crippen LogP contribution in [0.3, 0.4) is 0 Å². The Labute approximate surface area is 429 Å². The summed E-state index contributed by atoms with van der Waals surface area (Å²) in [5.74, 6) is 0. The highest BCUT2D eigenvalue weighted by Gasteiger charge is 2.45. The van der Waals surface area contributed by atoms with Crippen LogP contribution in [0.1, 0.15) is 130 Å². The number of hydrogen-bond donors (Lipinski definition) is 0. The van der Waals surface area contributed by atoms with Gasteiger partial charge in [-0.25, -0.2) is 0 Å². The van der Waals surface area contributed by atoms with E-state index in [2.05, 4.69) is 271 Å². The zero-order valence-corrected chi connectivity index (χ0v) is 45.1. The molecule has 12 rings (SSSR count). The van der Waals surface area contributed by atoms with Gasteiger partial charge in [-0.1, -0.05) is 212 Å². The van der Waals surface area contributed by atoms with Crippen molar-refractivity contribution in [3.05, 3.63) is 197 Å². The van der Waals surface area contributed by atoms with E-state index < -0.39 is 0 Å². The molecule has 9 aromatic carbocycles. The second-order valence-corrected chi connectivity index (χ2v) is 26.0. The van der Waals surface area contributed by atoms with Gasteiger partial charge >= 0.3 is 0 Å². The summed E-state index contributed by atoms with van der Waals surface area (Å²) in [5, 5.41) is 5.01. The van der Waals surface area contributed by atoms with Crippen molar-refractivity contribution in [3.8, 4) is 22.3 Å². The maximum absolute atomic E-state index is 2.67. The molecule has 0 bridgehead atoms. The second-order valence-electron chi connectivity index (χ2n) is 26.0. The quantitative estimate of drug-likeness (QED) is 0.163. The molecule has 3 heteroatoms. The van der Waals surface area contributed by atoms with Crippen LogP contribution in [-0.2, 0) is 27.1 Å². The van der Waals surface area contributed by atoms with Crippen molar-refractivity contribution in [2.24, 2.45) is 0 Å². The van der Waals surface area contributed by atoms with Crippen LogP contribution in [-0.4, -0.2) is 6.71 Å². The average Bonchev–Trinajstić information content (AvgIpc) is 3.57. The summed E-state index contributed by atoms with van der Waals surface area (Å²) in [6.45, 7) is 33.1. The molecule has 2 nitrogen and oxygen atoms in total. The Bertz CT molecular complexity index is 3480. The predicted molar refractivity (Wildman–Crippen MR) is 313 cm³/mol. The van der Waals surface area contributed by atoms with Gasteiger partial charge in [0.25, 0.3) is 6.71 Å². The van der Waals surface area contributed by atoms with E-state index in [0.29, 0.717) is 0 Å². The molecule has 0 atom stereocenters. The van der Waals surface area contributed by atoms with Crippen LogP contribution in [0, 0.1) is 0 Å². The summed E-state index contributed by atoms with van der Waals surface area (Å²) in [7, 11) is 0. The van der Waals surface area contributed by atoms with Gasteiger partial charge in [0.1, 0.15) is 0 Å². The minimum atomic E-state index is -0.138. The molecule has 0 amide bonds. The van der Waals surface area contributed by atoms with Crippen molar-refractivity contribution < 1.29 is 0 Å². The van der Waals surface area contributed by atoms with Crippen LogP contribution in [0.15, 0.2) is 164 Å². The van der Waals surface area contributed by atoms with E-state index in [1.54, 1.807) is 0 Å². The fourth-order valence-electron chi connectivity index (χ4n) is 12.3. The Morgan fingerprint density at radius 3 is 1.17 bits per heavy atom. The normalized spacial score (nSPS) is 14.8. The van der Waals surface area contributed by atoms with Crippen LogP contribution in [0.5, 0.6) is 0 Å². The zero-order valence-electron chi connectivity index (χ0n) is 45.1. The van der Waals surface area contributed by atoms with Crippen LogP contribution < -0.4 is 26.2 Å². The van der Waals surface area contributed by atoms with Crippen molar-refractivity contribution in [1.82, 2.24) is 0 Å². The van der Waals surface area contributed by atoms with Crippen LogP contribution in [0.2, 0.25) is 0 Å². The summed E-state index contributed by atoms with van der Waals surface area (Å²) in [4.78, 5) is 5.34. The zero-order chi connectivity index (χ0) is 50.6. The maximum Gasteiger partial charge on any atom is 0.252 e. The molecule has 2 aliphatic heterocycles. The van der Waals surface area contributed by atoms with E-state index in [4.69, 9.17) is 0 Å². The molecule has 72 heavy (non-hydrogen) atoms. The first-order chi connectivity index (χ1) is 34.0. The second kappa shape index (κ2) is 15.6. The summed E-state index contributed by atoms with van der Waals surface area (Å²) in [5.41, 5.74) is 24.2. The number of nitrogens with zero attached hydrogens (tertiary/aromatic N) is 2. The van der Waals surface area contributed by atoms with E-state index in [0.717, 1.165) is 0 Å². The van der Waals surface area contributed by atoms with E-state index >= 15 is 0 Å². The highest BCUT2D eigenvalue weighted by atomic mass is 15.2. The number of hydrogen-bond acceptors (Lipinski definition) is 2. The summed E-state index contributed by atoms with van der Waals surface area (Å²) < 4.78 is 0. The molecule has 0 radical (unpaired) electrons. The molecule has 358 valence electrons. The van der Waals surface area contributed by atoms with Gasteiger partial charge < -0.3 is 9.80 Å². The van der Waals surface area contributed by atoms with E-state index in [1.165, 1.54) is 128 Å². The molecular weight excluding hydrogens is 868 g/mol. The summed E-state index contributed by atoms with van der Waals surface area (Å²) in [6, 6.07) is 64.3. The predicted octanol–water partition coefficient (Wildman–Crippen LogP) is 17.2. The van der Waals surface area contributed by atoms with Crippen LogP contribution >= 0.6 is 0 Å². The highest BCUT2D eigenvalue weighted by Crippen LogP contribution is 2.54. The van der Waals surface area contributed by atoms with Crippen molar-refractivity contribution in [2.75, 3.05) is 9.80 Å². The lowest BCUT2D eigenvalue weighted by atomic mass is 9.33. The lowest BCUT2D eigenvalue weighted by molar-refractivity contribution is 0.568. The fourth-order valence-corrected chi connectivity index (χ4v) is 12.3. The molecule has 0 saturated carbocycles. The lowest BCUT2D eigenvalue weighted by Crippen LogP contribution is -2.61. The first-order valence-corrected chi connectivity index (χ1v) is 26.4. The first kappa shape index (κ1) is 46.2. The third kappa shape index (κ3) is 7.20. The molecule has 0 fully saturated rings. The van der Waals surface area contributed by atoms with E-state index in [9.17, 15) is 0 Å². The topological polar surface area (TPSA) is 6.48 Å². The molecule has 2 heterocycles. The molecule has 3 aliphatic rings. The van der Waals surface area contributed by atoms with Crippen molar-refractivity contribution in [3.63, 3.8) is 0 Å². The van der Waals surface area contributed by atoms with E-state index in [1.807, 2.05) is 0 Å². The standard InChI is InChI=1S/C69H69BN2/c1-65(2,3)47-36-48(66(4,5)6)39-51(38-47)71-59-32-44-24-17-15-22-42(44)30-57(59)70-58-31-43-23-16-18-25-45(43)33-60(58)72(52-40-49(67(7,8)9)37-50(41-52)68(10,11)12)62-35-46(34-61(71)64(62)70)53-27-21-29-56-63(53)54-26-19-20-28-55(54)69(56,13)14/h15-41H,1-14H3. The number of anilines is 6. The fraction of sp³-hybridized carbons (Fsp3) is 0.275. The van der Waals surface area contributed by atoms with Gasteiger partial charge in [-0.15, -0.1) is 0 Å².